The molecule has 5 heteroatoms. The van der Waals surface area contributed by atoms with Crippen molar-refractivity contribution in [2.24, 2.45) is 5.41 Å². The second-order valence-corrected chi connectivity index (χ2v) is 7.21. The van der Waals surface area contributed by atoms with Crippen LogP contribution in [0.2, 0.25) is 0 Å². The van der Waals surface area contributed by atoms with Crippen molar-refractivity contribution in [1.29, 1.82) is 0 Å². The van der Waals surface area contributed by atoms with Crippen LogP contribution in [0.1, 0.15) is 31.2 Å². The monoisotopic (exact) mass is 329 g/mol. The van der Waals surface area contributed by atoms with E-state index in [0.717, 1.165) is 45.2 Å². The molecule has 0 saturated carbocycles. The normalized spacial score (nSPS) is 24.2. The van der Waals surface area contributed by atoms with Crippen molar-refractivity contribution in [2.45, 2.75) is 38.1 Å². The van der Waals surface area contributed by atoms with E-state index in [1.54, 1.807) is 0 Å². The van der Waals surface area contributed by atoms with E-state index in [1.165, 1.54) is 5.56 Å². The predicted molar refractivity (Wildman–Crippen MR) is 93.5 cm³/mol. The van der Waals surface area contributed by atoms with E-state index in [2.05, 4.69) is 34.7 Å². The Bertz CT molecular complexity index is 580. The van der Waals surface area contributed by atoms with Gasteiger partial charge in [0.2, 0.25) is 11.8 Å². The molecule has 5 nitrogen and oxygen atoms in total. The summed E-state index contributed by atoms with van der Waals surface area (Å²) in [7, 11) is 2.10. The van der Waals surface area contributed by atoms with E-state index < -0.39 is 5.41 Å². The van der Waals surface area contributed by atoms with Crippen molar-refractivity contribution in [2.75, 3.05) is 26.7 Å². The number of hydrogen-bond acceptors (Lipinski definition) is 3. The number of piperidine rings is 2. The van der Waals surface area contributed by atoms with Gasteiger partial charge in [-0.3, -0.25) is 9.59 Å². The van der Waals surface area contributed by atoms with E-state index in [4.69, 9.17) is 0 Å². The van der Waals surface area contributed by atoms with Crippen LogP contribution in [0, 0.1) is 5.41 Å². The van der Waals surface area contributed by atoms with Crippen LogP contribution in [0.5, 0.6) is 0 Å². The maximum atomic E-state index is 13.1. The first-order valence-electron chi connectivity index (χ1n) is 8.90. The van der Waals surface area contributed by atoms with Gasteiger partial charge in [0.25, 0.3) is 0 Å². The summed E-state index contributed by atoms with van der Waals surface area (Å²) < 4.78 is 0. The van der Waals surface area contributed by atoms with Gasteiger partial charge in [-0.2, -0.15) is 0 Å². The largest absolute Gasteiger partial charge is 0.354 e. The average Bonchev–Trinajstić information content (AvgIpc) is 2.60. The van der Waals surface area contributed by atoms with Crippen LogP contribution in [0.15, 0.2) is 30.3 Å². The molecule has 2 N–H and O–H groups in total. The summed E-state index contributed by atoms with van der Waals surface area (Å²) in [6.07, 6.45) is 4.06. The van der Waals surface area contributed by atoms with E-state index in [9.17, 15) is 9.59 Å². The molecule has 1 atom stereocenters. The number of nitrogens with zero attached hydrogens (tertiary/aromatic N) is 1. The Morgan fingerprint density at radius 2 is 2.00 bits per heavy atom. The van der Waals surface area contributed by atoms with Gasteiger partial charge >= 0.3 is 0 Å². The van der Waals surface area contributed by atoms with Crippen LogP contribution in [-0.2, 0) is 16.0 Å². The number of benzene rings is 1. The number of carbonyl (C=O) groups excluding carboxylic acids is 2. The highest BCUT2D eigenvalue weighted by atomic mass is 16.2. The van der Waals surface area contributed by atoms with Gasteiger partial charge in [-0.15, -0.1) is 0 Å². The molecule has 1 aromatic rings. The highest BCUT2D eigenvalue weighted by Gasteiger charge is 2.42. The minimum atomic E-state index is -0.411. The zero-order chi connectivity index (χ0) is 17.0. The van der Waals surface area contributed by atoms with Crippen LogP contribution < -0.4 is 10.6 Å². The van der Waals surface area contributed by atoms with Gasteiger partial charge in [0.15, 0.2) is 0 Å². The average molecular weight is 329 g/mol. The molecule has 2 aliphatic rings. The third kappa shape index (κ3) is 3.78. The zero-order valence-electron chi connectivity index (χ0n) is 14.4. The molecular formula is C19H27N3O2. The topological polar surface area (TPSA) is 61.4 Å². The lowest BCUT2D eigenvalue weighted by Gasteiger charge is -2.40. The van der Waals surface area contributed by atoms with Gasteiger partial charge in [0.05, 0.1) is 5.41 Å². The van der Waals surface area contributed by atoms with E-state index in [-0.39, 0.29) is 17.9 Å². The first-order valence-corrected chi connectivity index (χ1v) is 8.90. The van der Waals surface area contributed by atoms with Crippen LogP contribution in [-0.4, -0.2) is 49.4 Å². The summed E-state index contributed by atoms with van der Waals surface area (Å²) in [6.45, 7) is 2.54. The summed E-state index contributed by atoms with van der Waals surface area (Å²) >= 11 is 0. The van der Waals surface area contributed by atoms with Crippen LogP contribution in [0.3, 0.4) is 0 Å². The molecule has 2 saturated heterocycles. The highest BCUT2D eigenvalue weighted by Crippen LogP contribution is 2.35. The Labute approximate surface area is 143 Å². The summed E-state index contributed by atoms with van der Waals surface area (Å²) in [5.74, 6) is -0.00103. The fourth-order valence-electron chi connectivity index (χ4n) is 3.74. The second-order valence-electron chi connectivity index (χ2n) is 7.21. The molecule has 24 heavy (non-hydrogen) atoms. The first kappa shape index (κ1) is 17.0. The third-order valence-electron chi connectivity index (χ3n) is 5.40. The third-order valence-corrected chi connectivity index (χ3v) is 5.40. The number of amides is 2. The number of nitrogens with one attached hydrogen (secondary N) is 2. The van der Waals surface area contributed by atoms with Gasteiger partial charge < -0.3 is 15.5 Å². The predicted octanol–water partition coefficient (Wildman–Crippen LogP) is 1.34. The molecule has 0 radical (unpaired) electrons. The Morgan fingerprint density at radius 3 is 2.67 bits per heavy atom. The molecule has 1 unspecified atom stereocenters. The number of likely N-dealkylation sites (tertiary alicyclic amines) is 1. The Balaban J connectivity index is 1.76. The van der Waals surface area contributed by atoms with Crippen molar-refractivity contribution >= 4 is 11.8 Å². The van der Waals surface area contributed by atoms with Crippen LogP contribution in [0.4, 0.5) is 0 Å². The molecular weight excluding hydrogens is 302 g/mol. The van der Waals surface area contributed by atoms with Crippen molar-refractivity contribution in [1.82, 2.24) is 15.5 Å². The SMILES string of the molecule is CN1CCC(Cc2ccccc2)(C(=O)NC2CCCNC2=O)CC1. The van der Waals surface area contributed by atoms with E-state index in [1.807, 2.05) is 18.2 Å². The van der Waals surface area contributed by atoms with Crippen molar-refractivity contribution < 1.29 is 9.59 Å². The molecule has 130 valence electrons. The maximum absolute atomic E-state index is 13.1. The maximum Gasteiger partial charge on any atom is 0.242 e. The molecule has 0 aliphatic carbocycles. The molecule has 0 aromatic heterocycles. The Hall–Kier alpha value is -1.88. The minimum absolute atomic E-state index is 0.0431. The summed E-state index contributed by atoms with van der Waals surface area (Å²) in [4.78, 5) is 27.4. The molecule has 2 fully saturated rings. The van der Waals surface area contributed by atoms with E-state index >= 15 is 0 Å². The fraction of sp³-hybridized carbons (Fsp3) is 0.579. The standard InChI is InChI=1S/C19H27N3O2/c1-22-12-9-19(10-13-22,14-15-6-3-2-4-7-15)18(24)21-16-8-5-11-20-17(16)23/h2-4,6-7,16H,5,8-14H2,1H3,(H,20,23)(H,21,24). The van der Waals surface area contributed by atoms with Crippen molar-refractivity contribution in [3.8, 4) is 0 Å². The molecule has 3 rings (SSSR count). The van der Waals surface area contributed by atoms with Crippen LogP contribution in [0.25, 0.3) is 0 Å². The van der Waals surface area contributed by atoms with Crippen LogP contribution >= 0.6 is 0 Å². The first-order chi connectivity index (χ1) is 11.6. The van der Waals surface area contributed by atoms with Gasteiger partial charge in [-0.05, 0) is 57.8 Å². The molecule has 1 aromatic carbocycles. The lowest BCUT2D eigenvalue weighted by Crippen LogP contribution is -2.56. The smallest absolute Gasteiger partial charge is 0.242 e. The summed E-state index contributed by atoms with van der Waals surface area (Å²) in [6, 6.07) is 9.83. The number of carbonyl (C=O) groups is 2. The molecule has 2 aliphatic heterocycles. The minimum Gasteiger partial charge on any atom is -0.354 e. The van der Waals surface area contributed by atoms with Crippen molar-refractivity contribution in [3.05, 3.63) is 35.9 Å². The zero-order valence-corrected chi connectivity index (χ0v) is 14.4. The second kappa shape index (κ2) is 7.34. The number of rotatable bonds is 4. The molecule has 2 heterocycles. The molecule has 2 amide bonds. The van der Waals surface area contributed by atoms with E-state index in [0.29, 0.717) is 6.54 Å². The van der Waals surface area contributed by atoms with Gasteiger partial charge in [0, 0.05) is 6.54 Å². The van der Waals surface area contributed by atoms with Gasteiger partial charge in [-0.1, -0.05) is 30.3 Å². The Morgan fingerprint density at radius 1 is 1.29 bits per heavy atom. The molecule has 0 spiro atoms. The van der Waals surface area contributed by atoms with Gasteiger partial charge in [-0.25, -0.2) is 0 Å². The Kier molecular flexibility index (Phi) is 5.19. The fourth-order valence-corrected chi connectivity index (χ4v) is 3.74. The number of hydrogen-bond donors (Lipinski definition) is 2. The lowest BCUT2D eigenvalue weighted by molar-refractivity contribution is -0.138. The summed E-state index contributed by atoms with van der Waals surface area (Å²) in [5, 5.41) is 5.89. The quantitative estimate of drug-likeness (QED) is 0.876. The highest BCUT2D eigenvalue weighted by molar-refractivity contribution is 5.90. The van der Waals surface area contributed by atoms with Gasteiger partial charge in [0.1, 0.15) is 6.04 Å². The van der Waals surface area contributed by atoms with Crippen molar-refractivity contribution in [3.63, 3.8) is 0 Å². The molecule has 0 bridgehead atoms. The lowest BCUT2D eigenvalue weighted by atomic mass is 9.72. The summed E-state index contributed by atoms with van der Waals surface area (Å²) in [5.41, 5.74) is 0.774.